The molecule has 1 N–H and O–H groups in total. The number of hydrogen-bond donors (Lipinski definition) is 1. The van der Waals surface area contributed by atoms with Crippen LogP contribution in [0.3, 0.4) is 0 Å². The van der Waals surface area contributed by atoms with Crippen molar-refractivity contribution in [1.29, 1.82) is 0 Å². The minimum atomic E-state index is -0.469. The zero-order valence-corrected chi connectivity index (χ0v) is 17.5. The summed E-state index contributed by atoms with van der Waals surface area (Å²) in [5, 5.41) is 7.78. The molecule has 1 atom stereocenters. The van der Waals surface area contributed by atoms with Crippen molar-refractivity contribution in [2.24, 2.45) is 0 Å². The van der Waals surface area contributed by atoms with Crippen LogP contribution in [0.15, 0.2) is 71.4 Å². The molecule has 30 heavy (non-hydrogen) atoms. The quantitative estimate of drug-likeness (QED) is 0.562. The fourth-order valence-corrected chi connectivity index (χ4v) is 3.78. The molecule has 0 radical (unpaired) electrons. The first-order valence-corrected chi connectivity index (χ1v) is 9.92. The number of aryl methyl sites for hydroxylation is 1. The molecule has 152 valence electrons. The van der Waals surface area contributed by atoms with E-state index in [2.05, 4.69) is 22.0 Å². The largest absolute Gasteiger partial charge is 0.334 e. The van der Waals surface area contributed by atoms with Gasteiger partial charge in [0.25, 0.3) is 5.89 Å². The Morgan fingerprint density at radius 2 is 2.03 bits per heavy atom. The second-order valence-corrected chi connectivity index (χ2v) is 7.56. The molecule has 1 aliphatic rings. The van der Waals surface area contributed by atoms with Gasteiger partial charge in [0.15, 0.2) is 0 Å². The molecule has 0 saturated carbocycles. The standard InChI is InChI=1S/C23H21ClN4O2/c1-4-11-28-15(3)19(20(25-23(28)29)16-8-6-10-18(24)13-16)22-26-21(27-30-22)17-9-5-7-14(2)12-17/h4-10,12-13,20H,1,11H2,2-3H3,(H,25,29). The Balaban J connectivity index is 1.83. The van der Waals surface area contributed by atoms with Gasteiger partial charge in [-0.1, -0.05) is 58.7 Å². The number of allylic oxidation sites excluding steroid dienone is 1. The summed E-state index contributed by atoms with van der Waals surface area (Å²) in [5.74, 6) is 0.842. The first-order chi connectivity index (χ1) is 14.5. The van der Waals surface area contributed by atoms with Crippen LogP contribution in [0, 0.1) is 6.92 Å². The normalized spacial score (nSPS) is 16.6. The van der Waals surface area contributed by atoms with E-state index in [1.165, 1.54) is 0 Å². The van der Waals surface area contributed by atoms with E-state index < -0.39 is 6.04 Å². The lowest BCUT2D eigenvalue weighted by atomic mass is 9.94. The van der Waals surface area contributed by atoms with Crippen LogP contribution in [0.1, 0.15) is 30.0 Å². The van der Waals surface area contributed by atoms with E-state index in [4.69, 9.17) is 16.1 Å². The number of benzene rings is 2. The number of amides is 2. The first-order valence-electron chi connectivity index (χ1n) is 9.54. The molecular weight excluding hydrogens is 400 g/mol. The van der Waals surface area contributed by atoms with Gasteiger partial charge < -0.3 is 9.84 Å². The topological polar surface area (TPSA) is 71.3 Å². The highest BCUT2D eigenvalue weighted by Gasteiger charge is 2.35. The summed E-state index contributed by atoms with van der Waals surface area (Å²) >= 11 is 6.20. The van der Waals surface area contributed by atoms with Gasteiger partial charge in [-0.15, -0.1) is 6.58 Å². The molecule has 1 aromatic heterocycles. The van der Waals surface area contributed by atoms with Gasteiger partial charge in [0.1, 0.15) is 0 Å². The number of urea groups is 1. The molecule has 0 spiro atoms. The van der Waals surface area contributed by atoms with Crippen LogP contribution >= 0.6 is 11.6 Å². The Morgan fingerprint density at radius 1 is 1.23 bits per heavy atom. The van der Waals surface area contributed by atoms with Crippen LogP contribution in [0.2, 0.25) is 5.02 Å². The van der Waals surface area contributed by atoms with Crippen LogP contribution in [-0.4, -0.2) is 27.6 Å². The molecule has 2 heterocycles. The van der Waals surface area contributed by atoms with E-state index in [1.807, 2.05) is 56.3 Å². The number of nitrogens with one attached hydrogen (secondary N) is 1. The first kappa shape index (κ1) is 19.9. The summed E-state index contributed by atoms with van der Waals surface area (Å²) in [5.41, 5.74) is 4.26. The maximum absolute atomic E-state index is 12.7. The summed E-state index contributed by atoms with van der Waals surface area (Å²) in [4.78, 5) is 19.0. The molecule has 6 nitrogen and oxygen atoms in total. The maximum atomic E-state index is 12.7. The lowest BCUT2D eigenvalue weighted by Gasteiger charge is -2.34. The van der Waals surface area contributed by atoms with Gasteiger partial charge in [-0.3, -0.25) is 4.90 Å². The van der Waals surface area contributed by atoms with Crippen LogP contribution in [0.25, 0.3) is 17.0 Å². The summed E-state index contributed by atoms with van der Waals surface area (Å²) in [6.45, 7) is 7.99. The van der Waals surface area contributed by atoms with Crippen molar-refractivity contribution in [3.05, 3.63) is 88.9 Å². The Bertz CT molecular complexity index is 1150. The van der Waals surface area contributed by atoms with Gasteiger partial charge >= 0.3 is 6.03 Å². The monoisotopic (exact) mass is 420 g/mol. The van der Waals surface area contributed by atoms with Crippen LogP contribution in [-0.2, 0) is 0 Å². The zero-order valence-electron chi connectivity index (χ0n) is 16.7. The van der Waals surface area contributed by atoms with Crippen molar-refractivity contribution in [3.63, 3.8) is 0 Å². The molecule has 0 fully saturated rings. The molecule has 1 unspecified atom stereocenters. The SMILES string of the molecule is C=CCN1C(=O)NC(c2cccc(Cl)c2)C(c2nc(-c3cccc(C)c3)no2)=C1C. The average molecular weight is 421 g/mol. The lowest BCUT2D eigenvalue weighted by Crippen LogP contribution is -2.46. The highest BCUT2D eigenvalue weighted by molar-refractivity contribution is 6.30. The van der Waals surface area contributed by atoms with Gasteiger partial charge in [0.2, 0.25) is 5.82 Å². The number of aromatic nitrogens is 2. The van der Waals surface area contributed by atoms with Gasteiger partial charge in [-0.25, -0.2) is 4.79 Å². The number of halogens is 1. The summed E-state index contributed by atoms with van der Waals surface area (Å²) in [7, 11) is 0. The van der Waals surface area contributed by atoms with Gasteiger partial charge in [-0.2, -0.15) is 4.98 Å². The molecule has 2 amide bonds. The van der Waals surface area contributed by atoms with Gasteiger partial charge in [0.05, 0.1) is 11.6 Å². The zero-order chi connectivity index (χ0) is 21.3. The molecule has 0 saturated heterocycles. The van der Waals surface area contributed by atoms with Gasteiger partial charge in [-0.05, 0) is 37.6 Å². The van der Waals surface area contributed by atoms with Crippen molar-refractivity contribution < 1.29 is 9.32 Å². The highest BCUT2D eigenvalue weighted by atomic mass is 35.5. The van der Waals surface area contributed by atoms with Crippen molar-refractivity contribution >= 4 is 23.2 Å². The third-order valence-electron chi connectivity index (χ3n) is 5.02. The number of nitrogens with zero attached hydrogens (tertiary/aromatic N) is 3. The second kappa shape index (κ2) is 8.16. The van der Waals surface area contributed by atoms with Crippen molar-refractivity contribution in [2.75, 3.05) is 6.54 Å². The molecular formula is C23H21ClN4O2. The van der Waals surface area contributed by atoms with Crippen molar-refractivity contribution in [2.45, 2.75) is 19.9 Å². The molecule has 4 rings (SSSR count). The van der Waals surface area contributed by atoms with Gasteiger partial charge in [0, 0.05) is 22.8 Å². The minimum absolute atomic E-state index is 0.223. The summed E-state index contributed by atoms with van der Waals surface area (Å²) < 4.78 is 5.66. The van der Waals surface area contributed by atoms with Crippen LogP contribution in [0.4, 0.5) is 4.79 Å². The molecule has 1 aliphatic heterocycles. The number of carbonyl (C=O) groups is 1. The number of carbonyl (C=O) groups excluding carboxylic acids is 1. The molecule has 0 aliphatic carbocycles. The average Bonchev–Trinajstić information content (AvgIpc) is 3.20. The lowest BCUT2D eigenvalue weighted by molar-refractivity contribution is 0.209. The smallest absolute Gasteiger partial charge is 0.322 e. The van der Waals surface area contributed by atoms with Crippen molar-refractivity contribution in [3.8, 4) is 11.4 Å². The van der Waals surface area contributed by atoms with E-state index in [0.29, 0.717) is 23.3 Å². The maximum Gasteiger partial charge on any atom is 0.322 e. The predicted octanol–water partition coefficient (Wildman–Crippen LogP) is 5.38. The minimum Gasteiger partial charge on any atom is -0.334 e. The Labute approximate surface area is 179 Å². The fourth-order valence-electron chi connectivity index (χ4n) is 3.58. The molecule has 2 aromatic carbocycles. The van der Waals surface area contributed by atoms with E-state index >= 15 is 0 Å². The predicted molar refractivity (Wildman–Crippen MR) is 117 cm³/mol. The summed E-state index contributed by atoms with van der Waals surface area (Å²) in [6, 6.07) is 14.6. The highest BCUT2D eigenvalue weighted by Crippen LogP contribution is 2.37. The van der Waals surface area contributed by atoms with Crippen LogP contribution < -0.4 is 5.32 Å². The Kier molecular flexibility index (Phi) is 5.42. The van der Waals surface area contributed by atoms with E-state index in [0.717, 1.165) is 28.0 Å². The van der Waals surface area contributed by atoms with E-state index in [1.54, 1.807) is 17.0 Å². The molecule has 7 heteroatoms. The number of rotatable bonds is 5. The van der Waals surface area contributed by atoms with Crippen molar-refractivity contribution in [1.82, 2.24) is 20.4 Å². The number of hydrogen-bond acceptors (Lipinski definition) is 4. The van der Waals surface area contributed by atoms with E-state index in [-0.39, 0.29) is 6.03 Å². The Hall–Kier alpha value is -3.38. The van der Waals surface area contributed by atoms with Crippen LogP contribution in [0.5, 0.6) is 0 Å². The summed E-state index contributed by atoms with van der Waals surface area (Å²) in [6.07, 6.45) is 1.67. The molecule has 0 bridgehead atoms. The third kappa shape index (κ3) is 3.74. The molecule has 3 aromatic rings. The van der Waals surface area contributed by atoms with E-state index in [9.17, 15) is 4.79 Å². The third-order valence-corrected chi connectivity index (χ3v) is 5.26. The second-order valence-electron chi connectivity index (χ2n) is 7.13. The fraction of sp³-hybridized carbons (Fsp3) is 0.174. The Morgan fingerprint density at radius 3 is 2.77 bits per heavy atom.